The summed E-state index contributed by atoms with van der Waals surface area (Å²) in [6.45, 7) is 2.81. The number of carbonyl (C=O) groups is 2. The van der Waals surface area contributed by atoms with E-state index in [9.17, 15) is 9.59 Å². The van der Waals surface area contributed by atoms with Gasteiger partial charge in [-0.2, -0.15) is 0 Å². The van der Waals surface area contributed by atoms with Crippen molar-refractivity contribution in [2.24, 2.45) is 11.8 Å². The molecule has 6 heteroatoms. The van der Waals surface area contributed by atoms with Crippen LogP contribution in [0.25, 0.3) is 0 Å². The number of hydrogen-bond donors (Lipinski definition) is 2. The Hall–Kier alpha value is -3.93. The van der Waals surface area contributed by atoms with Gasteiger partial charge >= 0.3 is 0 Å². The van der Waals surface area contributed by atoms with Crippen molar-refractivity contribution >= 4 is 17.5 Å². The van der Waals surface area contributed by atoms with Crippen molar-refractivity contribution in [2.45, 2.75) is 44.4 Å². The van der Waals surface area contributed by atoms with Crippen LogP contribution in [-0.4, -0.2) is 23.3 Å². The Kier molecular flexibility index (Phi) is 7.35. The second-order valence-corrected chi connectivity index (χ2v) is 10.1. The molecule has 5 rings (SSSR count). The van der Waals surface area contributed by atoms with Gasteiger partial charge in [-0.3, -0.25) is 14.6 Å². The minimum Gasteiger partial charge on any atom is -0.465 e. The van der Waals surface area contributed by atoms with Crippen LogP contribution in [0.5, 0.6) is 5.75 Å². The first-order chi connectivity index (χ1) is 18.1. The fourth-order valence-electron chi connectivity index (χ4n) is 5.66. The maximum Gasteiger partial charge on any atom is 0.251 e. The van der Waals surface area contributed by atoms with Crippen LogP contribution < -0.4 is 15.4 Å². The van der Waals surface area contributed by atoms with E-state index in [-0.39, 0.29) is 11.8 Å². The van der Waals surface area contributed by atoms with Crippen molar-refractivity contribution in [2.75, 3.05) is 11.9 Å². The summed E-state index contributed by atoms with van der Waals surface area (Å²) < 4.78 is 5.65. The molecule has 3 unspecified atom stereocenters. The molecular formula is C31H33N3O3. The van der Waals surface area contributed by atoms with E-state index in [4.69, 9.17) is 4.74 Å². The smallest absolute Gasteiger partial charge is 0.251 e. The van der Waals surface area contributed by atoms with Gasteiger partial charge in [0.2, 0.25) is 0 Å². The number of nitrogens with zero attached hydrogens (tertiary/aromatic N) is 1. The van der Waals surface area contributed by atoms with Crippen molar-refractivity contribution in [1.29, 1.82) is 0 Å². The summed E-state index contributed by atoms with van der Waals surface area (Å²) >= 11 is 0. The van der Waals surface area contributed by atoms with Crippen molar-refractivity contribution in [3.05, 3.63) is 102 Å². The van der Waals surface area contributed by atoms with Crippen molar-refractivity contribution in [3.63, 3.8) is 0 Å². The Morgan fingerprint density at radius 3 is 2.65 bits per heavy atom. The molecule has 0 radical (unpaired) electrons. The van der Waals surface area contributed by atoms with Crippen LogP contribution in [0, 0.1) is 11.8 Å². The van der Waals surface area contributed by atoms with Gasteiger partial charge in [0.05, 0.1) is 6.26 Å². The summed E-state index contributed by atoms with van der Waals surface area (Å²) in [5.74, 6) is 1.90. The highest BCUT2D eigenvalue weighted by atomic mass is 16.5. The largest absolute Gasteiger partial charge is 0.465 e. The fourth-order valence-corrected chi connectivity index (χ4v) is 5.66. The molecule has 2 aliphatic rings. The average molecular weight is 496 g/mol. The monoisotopic (exact) mass is 495 g/mol. The van der Waals surface area contributed by atoms with Crippen LogP contribution in [0.4, 0.5) is 5.69 Å². The highest BCUT2D eigenvalue weighted by Gasteiger charge is 2.60. The third-order valence-electron chi connectivity index (χ3n) is 7.77. The third-order valence-corrected chi connectivity index (χ3v) is 7.77. The molecule has 0 bridgehead atoms. The number of rotatable bonds is 10. The summed E-state index contributed by atoms with van der Waals surface area (Å²) in [6.07, 6.45) is 12.2. The molecule has 2 aromatic carbocycles. The number of aromatic nitrogens is 1. The first-order valence-electron chi connectivity index (χ1n) is 13.1. The molecule has 2 amide bonds. The van der Waals surface area contributed by atoms with Crippen molar-refractivity contribution < 1.29 is 14.3 Å². The lowest BCUT2D eigenvalue weighted by atomic mass is 9.89. The summed E-state index contributed by atoms with van der Waals surface area (Å²) in [7, 11) is 0. The molecule has 6 nitrogen and oxygen atoms in total. The number of pyridine rings is 1. The van der Waals surface area contributed by atoms with Gasteiger partial charge in [-0.15, -0.1) is 0 Å². The van der Waals surface area contributed by atoms with E-state index < -0.39 is 0 Å². The Morgan fingerprint density at radius 2 is 1.89 bits per heavy atom. The summed E-state index contributed by atoms with van der Waals surface area (Å²) in [5.41, 5.74) is 3.96. The molecule has 0 saturated heterocycles. The highest BCUT2D eigenvalue weighted by Crippen LogP contribution is 2.66. The zero-order valence-electron chi connectivity index (χ0n) is 21.2. The van der Waals surface area contributed by atoms with Crippen molar-refractivity contribution in [1.82, 2.24) is 10.3 Å². The van der Waals surface area contributed by atoms with Gasteiger partial charge in [-0.25, -0.2) is 0 Å². The number of hydrogen-bond acceptors (Lipinski definition) is 4. The maximum atomic E-state index is 12.5. The highest BCUT2D eigenvalue weighted by molar-refractivity contribution is 6.01. The first kappa shape index (κ1) is 24.8. The lowest BCUT2D eigenvalue weighted by Gasteiger charge is -2.16. The predicted octanol–water partition coefficient (Wildman–Crippen LogP) is 5.66. The van der Waals surface area contributed by atoms with E-state index in [1.807, 2.05) is 24.3 Å². The van der Waals surface area contributed by atoms with Gasteiger partial charge in [0.15, 0.2) is 0 Å². The third kappa shape index (κ3) is 5.91. The van der Waals surface area contributed by atoms with E-state index in [1.54, 1.807) is 36.7 Å². The molecule has 2 saturated carbocycles. The van der Waals surface area contributed by atoms with E-state index in [2.05, 4.69) is 34.7 Å². The summed E-state index contributed by atoms with van der Waals surface area (Å²) in [4.78, 5) is 28.9. The number of carbonyl (C=O) groups excluding carboxylic acids is 2. The van der Waals surface area contributed by atoms with Crippen molar-refractivity contribution in [3.8, 4) is 5.75 Å². The lowest BCUT2D eigenvalue weighted by Crippen LogP contribution is -2.25. The van der Waals surface area contributed by atoms with E-state index >= 15 is 0 Å². The lowest BCUT2D eigenvalue weighted by molar-refractivity contribution is -0.112. The van der Waals surface area contributed by atoms with Crippen LogP contribution in [0.3, 0.4) is 0 Å². The van der Waals surface area contributed by atoms with Crippen LogP contribution in [0.1, 0.15) is 54.1 Å². The van der Waals surface area contributed by atoms with Crippen LogP contribution in [0.15, 0.2) is 85.4 Å². The molecule has 1 heterocycles. The van der Waals surface area contributed by atoms with Crippen LogP contribution in [-0.2, 0) is 16.6 Å². The maximum absolute atomic E-state index is 12.5. The Balaban J connectivity index is 1.08. The number of nitrogens with one attached hydrogen (secondary N) is 2. The zero-order valence-corrected chi connectivity index (χ0v) is 21.2. The van der Waals surface area contributed by atoms with Gasteiger partial charge in [0, 0.05) is 36.3 Å². The molecule has 190 valence electrons. The van der Waals surface area contributed by atoms with Gasteiger partial charge in [0.25, 0.3) is 11.8 Å². The number of benzene rings is 2. The quantitative estimate of drug-likeness (QED) is 0.281. The normalized spacial score (nSPS) is 21.9. The number of fused-ring (bicyclic) bond motifs is 1. The Labute approximate surface area is 218 Å². The second-order valence-electron chi connectivity index (χ2n) is 10.1. The molecule has 2 aliphatic carbocycles. The van der Waals surface area contributed by atoms with Gasteiger partial charge in [-0.05, 0) is 96.5 Å². The van der Waals surface area contributed by atoms with Gasteiger partial charge < -0.3 is 15.4 Å². The van der Waals surface area contributed by atoms with Gasteiger partial charge in [-0.1, -0.05) is 31.5 Å². The predicted molar refractivity (Wildman–Crippen MR) is 144 cm³/mol. The Morgan fingerprint density at radius 1 is 1.08 bits per heavy atom. The number of anilines is 1. The minimum atomic E-state index is -0.330. The molecule has 2 fully saturated rings. The summed E-state index contributed by atoms with van der Waals surface area (Å²) in [5, 5.41) is 5.69. The molecule has 1 aromatic heterocycles. The zero-order chi connectivity index (χ0) is 25.7. The number of amides is 2. The first-order valence-corrected chi connectivity index (χ1v) is 13.1. The fraction of sp³-hybridized carbons (Fsp3) is 0.323. The molecule has 37 heavy (non-hydrogen) atoms. The minimum absolute atomic E-state index is 0.188. The average Bonchev–Trinajstić information content (AvgIpc) is 3.50. The van der Waals surface area contributed by atoms with E-state index in [1.165, 1.54) is 43.6 Å². The van der Waals surface area contributed by atoms with E-state index in [0.717, 1.165) is 23.8 Å². The molecule has 0 spiro atoms. The molecule has 3 aromatic rings. The molecule has 0 aliphatic heterocycles. The van der Waals surface area contributed by atoms with E-state index in [0.29, 0.717) is 29.0 Å². The molecular weight excluding hydrogens is 462 g/mol. The van der Waals surface area contributed by atoms with Gasteiger partial charge in [0.1, 0.15) is 5.75 Å². The summed E-state index contributed by atoms with van der Waals surface area (Å²) in [6, 6.07) is 19.0. The SMILES string of the molecule is CCC1CC2CC2(c2ccc(O/C=C/C(=O)Nc3cccc(C(=O)NCCc4ccncc4)c3)cc2)C1. The van der Waals surface area contributed by atoms with Crippen LogP contribution >= 0.6 is 0 Å². The van der Waals surface area contributed by atoms with Crippen LogP contribution in [0.2, 0.25) is 0 Å². The Bertz CT molecular complexity index is 1270. The topological polar surface area (TPSA) is 80.3 Å². The number of ether oxygens (including phenoxy) is 1. The molecule has 2 N–H and O–H groups in total. The standard InChI is InChI=1S/C31H33N3O3/c1-2-22-18-26-21-31(26,20-22)25-6-8-28(9-7-25)37-17-13-29(35)34-27-5-3-4-24(19-27)30(36)33-16-12-23-10-14-32-15-11-23/h3-11,13-15,17,19,22,26H,2,12,16,18,20-21H2,1H3,(H,33,36)(H,34,35)/b17-13+. The second kappa shape index (κ2) is 11.0. The molecule has 3 atom stereocenters.